The van der Waals surface area contributed by atoms with Crippen LogP contribution in [-0.2, 0) is 6.42 Å². The third-order valence-electron chi connectivity index (χ3n) is 1.50. The normalized spacial score (nSPS) is 12.9. The number of nitrogens with zero attached hydrogens (tertiary/aromatic N) is 2. The quantitative estimate of drug-likeness (QED) is 0.693. The summed E-state index contributed by atoms with van der Waals surface area (Å²) in [4.78, 5) is 7.82. The second kappa shape index (κ2) is 4.03. The maximum atomic E-state index is 5.60. The van der Waals surface area contributed by atoms with E-state index in [0.717, 1.165) is 18.4 Å². The highest BCUT2D eigenvalue weighted by Crippen LogP contribution is 1.99. The summed E-state index contributed by atoms with van der Waals surface area (Å²) in [6.07, 6.45) is 7.16. The fraction of sp³-hybridized carbons (Fsp3) is 0.500. The molecule has 1 rings (SSSR count). The molecule has 1 heterocycles. The summed E-state index contributed by atoms with van der Waals surface area (Å²) in [5.41, 5.74) is 6.76. The fourth-order valence-electron chi connectivity index (χ4n) is 0.853. The SMILES string of the molecule is CC(N)CCc1cncnc1. The zero-order valence-electron chi connectivity index (χ0n) is 6.70. The van der Waals surface area contributed by atoms with E-state index in [9.17, 15) is 0 Å². The van der Waals surface area contributed by atoms with Crippen LogP contribution in [0.2, 0.25) is 0 Å². The monoisotopic (exact) mass is 151 g/mol. The lowest BCUT2D eigenvalue weighted by atomic mass is 10.1. The maximum absolute atomic E-state index is 5.60. The van der Waals surface area contributed by atoms with Crippen molar-refractivity contribution in [3.05, 3.63) is 24.3 Å². The van der Waals surface area contributed by atoms with Gasteiger partial charge in [0.1, 0.15) is 6.33 Å². The van der Waals surface area contributed by atoms with Gasteiger partial charge in [-0.15, -0.1) is 0 Å². The van der Waals surface area contributed by atoms with Gasteiger partial charge < -0.3 is 5.73 Å². The molecule has 0 aliphatic carbocycles. The van der Waals surface area contributed by atoms with E-state index < -0.39 is 0 Å². The van der Waals surface area contributed by atoms with E-state index in [1.54, 1.807) is 0 Å². The maximum Gasteiger partial charge on any atom is 0.115 e. The lowest BCUT2D eigenvalue weighted by Crippen LogP contribution is -2.15. The Bertz CT molecular complexity index is 196. The summed E-state index contributed by atoms with van der Waals surface area (Å²) in [5.74, 6) is 0. The minimum atomic E-state index is 0.259. The van der Waals surface area contributed by atoms with Gasteiger partial charge in [-0.25, -0.2) is 9.97 Å². The lowest BCUT2D eigenvalue weighted by molar-refractivity contribution is 0.663. The highest BCUT2D eigenvalue weighted by molar-refractivity contribution is 5.02. The first kappa shape index (κ1) is 8.14. The Labute approximate surface area is 66.7 Å². The van der Waals surface area contributed by atoms with E-state index in [1.165, 1.54) is 6.33 Å². The molecule has 3 heteroatoms. The van der Waals surface area contributed by atoms with Gasteiger partial charge in [-0.2, -0.15) is 0 Å². The Morgan fingerprint density at radius 2 is 2.09 bits per heavy atom. The van der Waals surface area contributed by atoms with Crippen LogP contribution in [0.3, 0.4) is 0 Å². The summed E-state index contributed by atoms with van der Waals surface area (Å²) in [6.45, 7) is 2.00. The Morgan fingerprint density at radius 1 is 1.45 bits per heavy atom. The summed E-state index contributed by atoms with van der Waals surface area (Å²) in [7, 11) is 0. The topological polar surface area (TPSA) is 51.8 Å². The molecule has 0 aliphatic heterocycles. The largest absolute Gasteiger partial charge is 0.328 e. The first-order chi connectivity index (χ1) is 5.29. The van der Waals surface area contributed by atoms with Gasteiger partial charge in [0, 0.05) is 18.4 Å². The van der Waals surface area contributed by atoms with Crippen LogP contribution in [0.1, 0.15) is 18.9 Å². The zero-order valence-corrected chi connectivity index (χ0v) is 6.70. The van der Waals surface area contributed by atoms with E-state index in [1.807, 2.05) is 19.3 Å². The molecule has 1 unspecified atom stereocenters. The van der Waals surface area contributed by atoms with Crippen LogP contribution in [-0.4, -0.2) is 16.0 Å². The van der Waals surface area contributed by atoms with Gasteiger partial charge in [0.2, 0.25) is 0 Å². The second-order valence-corrected chi connectivity index (χ2v) is 2.76. The van der Waals surface area contributed by atoms with Crippen LogP contribution in [0, 0.1) is 0 Å². The molecule has 0 saturated heterocycles. The molecule has 0 radical (unpaired) electrons. The van der Waals surface area contributed by atoms with E-state index in [4.69, 9.17) is 5.73 Å². The van der Waals surface area contributed by atoms with E-state index in [2.05, 4.69) is 9.97 Å². The lowest BCUT2D eigenvalue weighted by Gasteiger charge is -2.02. The number of hydrogen-bond acceptors (Lipinski definition) is 3. The molecule has 0 bridgehead atoms. The molecule has 11 heavy (non-hydrogen) atoms. The predicted molar refractivity (Wildman–Crippen MR) is 44.0 cm³/mol. The van der Waals surface area contributed by atoms with Gasteiger partial charge in [-0.3, -0.25) is 0 Å². The molecule has 0 saturated carbocycles. The van der Waals surface area contributed by atoms with Crippen LogP contribution in [0.15, 0.2) is 18.7 Å². The molecular formula is C8H13N3. The van der Waals surface area contributed by atoms with Gasteiger partial charge >= 0.3 is 0 Å². The average molecular weight is 151 g/mol. The minimum absolute atomic E-state index is 0.259. The van der Waals surface area contributed by atoms with Crippen LogP contribution in [0.4, 0.5) is 0 Å². The molecule has 1 aromatic heterocycles. The molecule has 0 fully saturated rings. The van der Waals surface area contributed by atoms with Crippen LogP contribution < -0.4 is 5.73 Å². The third kappa shape index (κ3) is 3.09. The first-order valence-corrected chi connectivity index (χ1v) is 3.78. The Morgan fingerprint density at radius 3 is 2.64 bits per heavy atom. The van der Waals surface area contributed by atoms with Crippen LogP contribution in [0.5, 0.6) is 0 Å². The molecule has 1 atom stereocenters. The zero-order chi connectivity index (χ0) is 8.10. The smallest absolute Gasteiger partial charge is 0.115 e. The summed E-state index contributed by atoms with van der Waals surface area (Å²) in [6, 6.07) is 0.259. The number of rotatable bonds is 3. The van der Waals surface area contributed by atoms with Gasteiger partial charge in [0.25, 0.3) is 0 Å². The molecule has 2 N–H and O–H groups in total. The first-order valence-electron chi connectivity index (χ1n) is 3.78. The van der Waals surface area contributed by atoms with Crippen molar-refractivity contribution in [1.29, 1.82) is 0 Å². The number of aryl methyl sites for hydroxylation is 1. The molecule has 0 spiro atoms. The fourth-order valence-corrected chi connectivity index (χ4v) is 0.853. The highest BCUT2D eigenvalue weighted by Gasteiger charge is 1.95. The molecule has 60 valence electrons. The van der Waals surface area contributed by atoms with Crippen molar-refractivity contribution in [2.75, 3.05) is 0 Å². The molecule has 3 nitrogen and oxygen atoms in total. The number of nitrogens with two attached hydrogens (primary N) is 1. The molecule has 0 aliphatic rings. The average Bonchev–Trinajstić information content (AvgIpc) is 2.03. The van der Waals surface area contributed by atoms with Gasteiger partial charge in [0.15, 0.2) is 0 Å². The van der Waals surface area contributed by atoms with Gasteiger partial charge in [-0.1, -0.05) is 0 Å². The summed E-state index contributed by atoms with van der Waals surface area (Å²) in [5, 5.41) is 0. The molecule has 1 aromatic rings. The van der Waals surface area contributed by atoms with Crippen molar-refractivity contribution in [3.8, 4) is 0 Å². The highest BCUT2D eigenvalue weighted by atomic mass is 14.8. The number of aromatic nitrogens is 2. The van der Waals surface area contributed by atoms with Crippen molar-refractivity contribution in [3.63, 3.8) is 0 Å². The van der Waals surface area contributed by atoms with Crippen molar-refractivity contribution in [2.24, 2.45) is 5.73 Å². The van der Waals surface area contributed by atoms with Crippen LogP contribution in [0.25, 0.3) is 0 Å². The molecule has 0 aromatic carbocycles. The Kier molecular flexibility index (Phi) is 2.98. The molecular weight excluding hydrogens is 138 g/mol. The standard InChI is InChI=1S/C8H13N3/c1-7(9)2-3-8-4-10-6-11-5-8/h4-7H,2-3,9H2,1H3. The minimum Gasteiger partial charge on any atom is -0.328 e. The Balaban J connectivity index is 2.39. The van der Waals surface area contributed by atoms with E-state index in [0.29, 0.717) is 0 Å². The third-order valence-corrected chi connectivity index (χ3v) is 1.50. The number of hydrogen-bond donors (Lipinski definition) is 1. The van der Waals surface area contributed by atoms with E-state index in [-0.39, 0.29) is 6.04 Å². The second-order valence-electron chi connectivity index (χ2n) is 2.76. The summed E-state index contributed by atoms with van der Waals surface area (Å²) >= 11 is 0. The predicted octanol–water partition coefficient (Wildman–Crippen LogP) is 0.756. The van der Waals surface area contributed by atoms with Gasteiger partial charge in [0.05, 0.1) is 0 Å². The molecule has 0 amide bonds. The van der Waals surface area contributed by atoms with Gasteiger partial charge in [-0.05, 0) is 25.3 Å². The van der Waals surface area contributed by atoms with Crippen molar-refractivity contribution in [1.82, 2.24) is 9.97 Å². The summed E-state index contributed by atoms with van der Waals surface area (Å²) < 4.78 is 0. The van der Waals surface area contributed by atoms with Crippen LogP contribution >= 0.6 is 0 Å². The van der Waals surface area contributed by atoms with Crippen molar-refractivity contribution >= 4 is 0 Å². The Hall–Kier alpha value is -0.960. The van der Waals surface area contributed by atoms with E-state index >= 15 is 0 Å². The van der Waals surface area contributed by atoms with Crippen molar-refractivity contribution in [2.45, 2.75) is 25.8 Å². The van der Waals surface area contributed by atoms with Crippen molar-refractivity contribution < 1.29 is 0 Å².